The standard InChI is InChI=1S/C12H19ClN2OS/c1-4-14-8(2)7-12(16)15-9(3)10-5-6-11(13)17-10/h5-6,8-9,14H,4,7H2,1-3H3,(H,15,16). The van der Waals surface area contributed by atoms with Crippen molar-refractivity contribution in [2.45, 2.75) is 39.3 Å². The average molecular weight is 275 g/mol. The van der Waals surface area contributed by atoms with Crippen LogP contribution in [-0.2, 0) is 4.79 Å². The second kappa shape index (κ2) is 6.99. The highest BCUT2D eigenvalue weighted by atomic mass is 35.5. The van der Waals surface area contributed by atoms with E-state index in [9.17, 15) is 4.79 Å². The van der Waals surface area contributed by atoms with Crippen LogP contribution >= 0.6 is 22.9 Å². The van der Waals surface area contributed by atoms with Gasteiger partial charge in [-0.3, -0.25) is 4.79 Å². The molecule has 96 valence electrons. The van der Waals surface area contributed by atoms with E-state index in [1.165, 1.54) is 11.3 Å². The third-order valence-electron chi connectivity index (χ3n) is 2.44. The molecule has 2 N–H and O–H groups in total. The van der Waals surface area contributed by atoms with Crippen molar-refractivity contribution in [3.8, 4) is 0 Å². The van der Waals surface area contributed by atoms with Crippen LogP contribution in [-0.4, -0.2) is 18.5 Å². The van der Waals surface area contributed by atoms with Gasteiger partial charge < -0.3 is 10.6 Å². The Morgan fingerprint density at radius 3 is 2.71 bits per heavy atom. The average Bonchev–Trinajstić information content (AvgIpc) is 2.64. The Kier molecular flexibility index (Phi) is 5.95. The molecule has 0 aromatic carbocycles. The summed E-state index contributed by atoms with van der Waals surface area (Å²) in [6.07, 6.45) is 0.497. The molecule has 0 bridgehead atoms. The molecule has 0 aliphatic heterocycles. The van der Waals surface area contributed by atoms with Gasteiger partial charge in [-0.15, -0.1) is 11.3 Å². The van der Waals surface area contributed by atoms with Gasteiger partial charge >= 0.3 is 0 Å². The molecule has 1 amide bonds. The van der Waals surface area contributed by atoms with Crippen LogP contribution in [0, 0.1) is 0 Å². The Balaban J connectivity index is 2.40. The van der Waals surface area contributed by atoms with Gasteiger partial charge in [-0.05, 0) is 32.5 Å². The van der Waals surface area contributed by atoms with Crippen LogP contribution < -0.4 is 10.6 Å². The summed E-state index contributed by atoms with van der Waals surface area (Å²) in [7, 11) is 0. The molecule has 3 nitrogen and oxygen atoms in total. The van der Waals surface area contributed by atoms with Crippen LogP contribution in [0.15, 0.2) is 12.1 Å². The topological polar surface area (TPSA) is 41.1 Å². The zero-order valence-corrected chi connectivity index (χ0v) is 12.0. The number of carbonyl (C=O) groups excluding carboxylic acids is 1. The fourth-order valence-corrected chi connectivity index (χ4v) is 2.69. The van der Waals surface area contributed by atoms with Gasteiger partial charge in [-0.25, -0.2) is 0 Å². The first-order valence-corrected chi connectivity index (χ1v) is 7.00. The number of carbonyl (C=O) groups is 1. The molecule has 1 aromatic heterocycles. The molecule has 17 heavy (non-hydrogen) atoms. The van der Waals surface area contributed by atoms with E-state index in [4.69, 9.17) is 11.6 Å². The summed E-state index contributed by atoms with van der Waals surface area (Å²) in [6, 6.07) is 4.03. The Morgan fingerprint density at radius 1 is 1.47 bits per heavy atom. The number of amides is 1. The minimum Gasteiger partial charge on any atom is -0.349 e. The van der Waals surface area contributed by atoms with E-state index in [0.717, 1.165) is 15.8 Å². The van der Waals surface area contributed by atoms with Crippen molar-refractivity contribution in [1.29, 1.82) is 0 Å². The first-order chi connectivity index (χ1) is 8.02. The van der Waals surface area contributed by atoms with E-state index < -0.39 is 0 Å². The quantitative estimate of drug-likeness (QED) is 0.837. The summed E-state index contributed by atoms with van der Waals surface area (Å²) in [6.45, 7) is 6.89. The third-order valence-corrected chi connectivity index (χ3v) is 3.86. The minimum absolute atomic E-state index is 0.0221. The van der Waals surface area contributed by atoms with E-state index >= 15 is 0 Å². The molecule has 0 spiro atoms. The maximum atomic E-state index is 11.7. The molecule has 2 atom stereocenters. The van der Waals surface area contributed by atoms with Crippen molar-refractivity contribution in [3.63, 3.8) is 0 Å². The highest BCUT2D eigenvalue weighted by molar-refractivity contribution is 7.16. The van der Waals surface area contributed by atoms with Gasteiger partial charge in [0.2, 0.25) is 5.91 Å². The molecule has 1 heterocycles. The summed E-state index contributed by atoms with van der Waals surface area (Å²) < 4.78 is 0.752. The van der Waals surface area contributed by atoms with Gasteiger partial charge in [0.25, 0.3) is 0 Å². The zero-order valence-electron chi connectivity index (χ0n) is 10.4. The van der Waals surface area contributed by atoms with Gasteiger partial charge in [0.15, 0.2) is 0 Å². The second-order valence-electron chi connectivity index (χ2n) is 4.09. The predicted molar refractivity (Wildman–Crippen MR) is 73.6 cm³/mol. The van der Waals surface area contributed by atoms with Crippen molar-refractivity contribution < 1.29 is 4.79 Å². The Hall–Kier alpha value is -0.580. The Morgan fingerprint density at radius 2 is 2.18 bits per heavy atom. The number of rotatable bonds is 6. The number of thiophene rings is 1. The van der Waals surface area contributed by atoms with Gasteiger partial charge in [0.05, 0.1) is 10.4 Å². The van der Waals surface area contributed by atoms with Crippen LogP contribution in [0.2, 0.25) is 4.34 Å². The maximum absolute atomic E-state index is 11.7. The molecule has 2 unspecified atom stereocenters. The molecule has 0 fully saturated rings. The fourth-order valence-electron chi connectivity index (χ4n) is 1.63. The largest absolute Gasteiger partial charge is 0.349 e. The van der Waals surface area contributed by atoms with Crippen molar-refractivity contribution >= 4 is 28.8 Å². The van der Waals surface area contributed by atoms with Crippen LogP contribution in [0.25, 0.3) is 0 Å². The zero-order chi connectivity index (χ0) is 12.8. The van der Waals surface area contributed by atoms with Gasteiger partial charge in [-0.1, -0.05) is 18.5 Å². The lowest BCUT2D eigenvalue weighted by atomic mass is 10.2. The molecule has 0 aliphatic rings. The molecular weight excluding hydrogens is 256 g/mol. The van der Waals surface area contributed by atoms with Crippen LogP contribution in [0.3, 0.4) is 0 Å². The fraction of sp³-hybridized carbons (Fsp3) is 0.583. The first kappa shape index (κ1) is 14.5. The SMILES string of the molecule is CCNC(C)CC(=O)NC(C)c1ccc(Cl)s1. The van der Waals surface area contributed by atoms with Crippen LogP contribution in [0.4, 0.5) is 0 Å². The molecular formula is C12H19ClN2OS. The number of halogens is 1. The lowest BCUT2D eigenvalue weighted by Crippen LogP contribution is -2.34. The monoisotopic (exact) mass is 274 g/mol. The molecule has 1 rings (SSSR count). The summed E-state index contributed by atoms with van der Waals surface area (Å²) in [5.74, 6) is 0.0653. The van der Waals surface area contributed by atoms with Crippen molar-refractivity contribution in [1.82, 2.24) is 10.6 Å². The summed E-state index contributed by atoms with van der Waals surface area (Å²) in [5.41, 5.74) is 0. The van der Waals surface area contributed by atoms with E-state index in [-0.39, 0.29) is 18.0 Å². The lowest BCUT2D eigenvalue weighted by molar-refractivity contribution is -0.122. The van der Waals surface area contributed by atoms with E-state index in [1.54, 1.807) is 0 Å². The summed E-state index contributed by atoms with van der Waals surface area (Å²) in [4.78, 5) is 12.8. The highest BCUT2D eigenvalue weighted by Crippen LogP contribution is 2.26. The summed E-state index contributed by atoms with van der Waals surface area (Å²) >= 11 is 7.36. The molecule has 1 aromatic rings. The Bertz CT molecular complexity index is 367. The number of hydrogen-bond acceptors (Lipinski definition) is 3. The van der Waals surface area contributed by atoms with Crippen LogP contribution in [0.1, 0.15) is 38.1 Å². The third kappa shape index (κ3) is 5.06. The molecule has 0 radical (unpaired) electrons. The maximum Gasteiger partial charge on any atom is 0.222 e. The molecule has 0 saturated heterocycles. The van der Waals surface area contributed by atoms with Crippen molar-refractivity contribution in [3.05, 3.63) is 21.3 Å². The van der Waals surface area contributed by atoms with E-state index in [1.807, 2.05) is 32.9 Å². The molecule has 0 aliphatic carbocycles. The Labute approximate surface area is 112 Å². The first-order valence-electron chi connectivity index (χ1n) is 5.81. The van der Waals surface area contributed by atoms with E-state index in [2.05, 4.69) is 10.6 Å². The lowest BCUT2D eigenvalue weighted by Gasteiger charge is -2.15. The highest BCUT2D eigenvalue weighted by Gasteiger charge is 2.13. The van der Waals surface area contributed by atoms with Crippen LogP contribution in [0.5, 0.6) is 0 Å². The normalized spacial score (nSPS) is 14.4. The predicted octanol–water partition coefficient (Wildman–Crippen LogP) is 2.97. The minimum atomic E-state index is 0.0221. The number of hydrogen-bond donors (Lipinski definition) is 2. The van der Waals surface area contributed by atoms with Gasteiger partial charge in [0.1, 0.15) is 0 Å². The van der Waals surface area contributed by atoms with E-state index in [0.29, 0.717) is 6.42 Å². The number of nitrogens with one attached hydrogen (secondary N) is 2. The molecule has 5 heteroatoms. The van der Waals surface area contributed by atoms with Crippen molar-refractivity contribution in [2.75, 3.05) is 6.54 Å². The molecule has 0 saturated carbocycles. The second-order valence-corrected chi connectivity index (χ2v) is 5.84. The smallest absolute Gasteiger partial charge is 0.222 e. The van der Waals surface area contributed by atoms with Crippen molar-refractivity contribution in [2.24, 2.45) is 0 Å². The van der Waals surface area contributed by atoms with Gasteiger partial charge in [0, 0.05) is 17.3 Å². The summed E-state index contributed by atoms with van der Waals surface area (Å²) in [5, 5.41) is 6.19. The van der Waals surface area contributed by atoms with Gasteiger partial charge in [-0.2, -0.15) is 0 Å².